The molecular weight excluding hydrogens is 687 g/mol. The number of para-hydroxylation sites is 1. The van der Waals surface area contributed by atoms with Gasteiger partial charge in [0.05, 0.1) is 0 Å². The molecule has 3 heterocycles. The van der Waals surface area contributed by atoms with Gasteiger partial charge in [0.2, 0.25) is 0 Å². The number of hydrogen-bond acceptors (Lipinski definition) is 5. The van der Waals surface area contributed by atoms with Crippen molar-refractivity contribution >= 4 is 87.9 Å². The van der Waals surface area contributed by atoms with E-state index in [0.29, 0.717) is 5.84 Å². The minimum Gasteiger partial charge on any atom is -0.456 e. The summed E-state index contributed by atoms with van der Waals surface area (Å²) in [5, 5.41) is 15.5. The van der Waals surface area contributed by atoms with Crippen molar-refractivity contribution in [2.75, 3.05) is 0 Å². The molecule has 0 amide bonds. The van der Waals surface area contributed by atoms with E-state index in [1.54, 1.807) is 0 Å². The smallest absolute Gasteiger partial charge is 0.159 e. The number of aliphatic imine (C=N–C) groups is 2. The first-order chi connectivity index (χ1) is 27.7. The molecule has 0 radical (unpaired) electrons. The second-order valence-electron chi connectivity index (χ2n) is 14.6. The molecule has 12 rings (SSSR count). The standard InChI is InChI=1S/C51H31N3O2/c1-2-10-30(11-3-1)49-52-50(33-19-23-41-40-16-8-9-17-45(40)55-47(41)28-33)54-51(53-49)34-20-24-42-44-27-32(21-25-46(44)56-48(42)29-34)31-18-22-39-37-14-5-4-12-35(37)36-13-6-7-15-38(36)43(39)26-31/h1-29,49H,(H,52,53,54). The number of rotatable bonds is 4. The first-order valence-electron chi connectivity index (χ1n) is 18.9. The third-order valence-electron chi connectivity index (χ3n) is 11.3. The molecule has 5 nitrogen and oxygen atoms in total. The summed E-state index contributed by atoms with van der Waals surface area (Å²) in [4.78, 5) is 10.2. The fourth-order valence-corrected chi connectivity index (χ4v) is 8.59. The highest BCUT2D eigenvalue weighted by molar-refractivity contribution is 6.26. The van der Waals surface area contributed by atoms with Crippen molar-refractivity contribution in [1.82, 2.24) is 5.32 Å². The predicted molar refractivity (Wildman–Crippen MR) is 231 cm³/mol. The summed E-state index contributed by atoms with van der Waals surface area (Å²) in [5.41, 5.74) is 8.51. The van der Waals surface area contributed by atoms with Crippen LogP contribution in [0.25, 0.3) is 87.3 Å². The van der Waals surface area contributed by atoms with Crippen molar-refractivity contribution in [2.24, 2.45) is 9.98 Å². The third kappa shape index (κ3) is 4.81. The van der Waals surface area contributed by atoms with Crippen LogP contribution in [0.15, 0.2) is 195 Å². The van der Waals surface area contributed by atoms with E-state index < -0.39 is 0 Å². The molecule has 1 N–H and O–H groups in total. The molecule has 11 aromatic rings. The van der Waals surface area contributed by atoms with Gasteiger partial charge in [-0.1, -0.05) is 127 Å². The molecule has 1 unspecified atom stereocenters. The van der Waals surface area contributed by atoms with Crippen molar-refractivity contribution in [1.29, 1.82) is 0 Å². The molecule has 1 aliphatic rings. The number of amidine groups is 2. The number of nitrogens with zero attached hydrogens (tertiary/aromatic N) is 2. The fourth-order valence-electron chi connectivity index (χ4n) is 8.59. The average Bonchev–Trinajstić information content (AvgIpc) is 3.83. The van der Waals surface area contributed by atoms with Gasteiger partial charge in [0, 0.05) is 32.7 Å². The van der Waals surface area contributed by atoms with Crippen LogP contribution >= 0.6 is 0 Å². The molecule has 9 aromatic carbocycles. The van der Waals surface area contributed by atoms with Crippen LogP contribution < -0.4 is 5.32 Å². The SMILES string of the molecule is c1ccc(C2N=C(c3ccc4c(c3)oc3ccc(-c5ccc6c7ccccc7c7ccccc7c6c5)cc34)N=C(c3ccc4c(c3)oc3ccccc34)N2)cc1. The molecule has 262 valence electrons. The largest absolute Gasteiger partial charge is 0.456 e. The van der Waals surface area contributed by atoms with E-state index in [0.717, 1.165) is 72.0 Å². The van der Waals surface area contributed by atoms with Crippen molar-refractivity contribution < 1.29 is 8.83 Å². The Kier molecular flexibility index (Phi) is 6.63. The van der Waals surface area contributed by atoms with Gasteiger partial charge in [-0.3, -0.25) is 0 Å². The Balaban J connectivity index is 0.954. The molecule has 1 aliphatic heterocycles. The predicted octanol–water partition coefficient (Wildman–Crippen LogP) is 13.1. The second-order valence-corrected chi connectivity index (χ2v) is 14.6. The molecule has 0 bridgehead atoms. The van der Waals surface area contributed by atoms with Crippen molar-refractivity contribution in [3.8, 4) is 11.1 Å². The molecule has 2 aromatic heterocycles. The van der Waals surface area contributed by atoms with Gasteiger partial charge in [-0.25, -0.2) is 9.98 Å². The summed E-state index contributed by atoms with van der Waals surface area (Å²) in [7, 11) is 0. The zero-order valence-corrected chi connectivity index (χ0v) is 30.0. The van der Waals surface area contributed by atoms with E-state index in [9.17, 15) is 0 Å². The highest BCUT2D eigenvalue weighted by Gasteiger charge is 2.23. The number of furan rings is 2. The van der Waals surface area contributed by atoms with Crippen molar-refractivity contribution in [3.63, 3.8) is 0 Å². The van der Waals surface area contributed by atoms with E-state index in [-0.39, 0.29) is 6.17 Å². The Morgan fingerprint density at radius 2 is 0.839 bits per heavy atom. The third-order valence-corrected chi connectivity index (χ3v) is 11.3. The first kappa shape index (κ1) is 30.9. The first-order valence-corrected chi connectivity index (χ1v) is 18.9. The van der Waals surface area contributed by atoms with E-state index in [1.165, 1.54) is 37.9 Å². The monoisotopic (exact) mass is 717 g/mol. The molecule has 0 spiro atoms. The topological polar surface area (TPSA) is 63.0 Å². The lowest BCUT2D eigenvalue weighted by molar-refractivity contribution is 0.666. The van der Waals surface area contributed by atoms with Crippen LogP contribution in [0.3, 0.4) is 0 Å². The van der Waals surface area contributed by atoms with Crippen LogP contribution in [0.4, 0.5) is 0 Å². The van der Waals surface area contributed by atoms with E-state index >= 15 is 0 Å². The Morgan fingerprint density at radius 1 is 0.357 bits per heavy atom. The summed E-state index contributed by atoms with van der Waals surface area (Å²) >= 11 is 0. The van der Waals surface area contributed by atoms with Gasteiger partial charge in [-0.2, -0.15) is 0 Å². The quantitative estimate of drug-likeness (QED) is 0.184. The molecule has 0 aliphatic carbocycles. The molecule has 5 heteroatoms. The van der Waals surface area contributed by atoms with Gasteiger partial charge in [0.15, 0.2) is 5.84 Å². The zero-order chi connectivity index (χ0) is 36.7. The summed E-state index contributed by atoms with van der Waals surface area (Å²) in [5.74, 6) is 1.37. The summed E-state index contributed by atoms with van der Waals surface area (Å²) in [6.45, 7) is 0. The Bertz CT molecular complexity index is 3430. The maximum Gasteiger partial charge on any atom is 0.159 e. The second kappa shape index (κ2) is 12.0. The summed E-state index contributed by atoms with van der Waals surface area (Å²) in [6, 6.07) is 61.8. The van der Waals surface area contributed by atoms with Crippen LogP contribution in [0.2, 0.25) is 0 Å². The van der Waals surface area contributed by atoms with Crippen molar-refractivity contribution in [2.45, 2.75) is 6.17 Å². The summed E-state index contributed by atoms with van der Waals surface area (Å²) < 4.78 is 12.8. The normalized spacial score (nSPS) is 14.6. The molecule has 56 heavy (non-hydrogen) atoms. The van der Waals surface area contributed by atoms with Crippen LogP contribution in [-0.4, -0.2) is 11.7 Å². The summed E-state index contributed by atoms with van der Waals surface area (Å²) in [6.07, 6.45) is -0.323. The minimum absolute atomic E-state index is 0.323. The maximum absolute atomic E-state index is 6.52. The van der Waals surface area contributed by atoms with Crippen molar-refractivity contribution in [3.05, 3.63) is 193 Å². The van der Waals surface area contributed by atoms with E-state index in [2.05, 4.69) is 145 Å². The molecule has 1 atom stereocenters. The number of benzene rings is 9. The van der Waals surface area contributed by atoms with Crippen LogP contribution in [0.5, 0.6) is 0 Å². The molecule has 0 saturated carbocycles. The Morgan fingerprint density at radius 3 is 1.57 bits per heavy atom. The molecule has 0 saturated heterocycles. The Hall–Kier alpha value is -7.50. The highest BCUT2D eigenvalue weighted by atomic mass is 16.3. The van der Waals surface area contributed by atoms with Gasteiger partial charge in [0.1, 0.15) is 34.3 Å². The van der Waals surface area contributed by atoms with E-state index in [1.807, 2.05) is 36.4 Å². The van der Waals surface area contributed by atoms with Crippen LogP contribution in [0.1, 0.15) is 22.9 Å². The fraction of sp³-hybridized carbons (Fsp3) is 0.0196. The number of fused-ring (bicyclic) bond motifs is 12. The van der Waals surface area contributed by atoms with Gasteiger partial charge in [-0.15, -0.1) is 0 Å². The zero-order valence-electron chi connectivity index (χ0n) is 30.0. The van der Waals surface area contributed by atoms with Gasteiger partial charge < -0.3 is 14.2 Å². The lowest BCUT2D eigenvalue weighted by Crippen LogP contribution is -2.33. The minimum atomic E-state index is -0.323. The van der Waals surface area contributed by atoms with Gasteiger partial charge in [0.25, 0.3) is 0 Å². The lowest BCUT2D eigenvalue weighted by atomic mass is 9.92. The maximum atomic E-state index is 6.52. The average molecular weight is 718 g/mol. The van der Waals surface area contributed by atoms with E-state index in [4.69, 9.17) is 18.8 Å². The molecular formula is C51H31N3O2. The van der Waals surface area contributed by atoms with Gasteiger partial charge >= 0.3 is 0 Å². The van der Waals surface area contributed by atoms with Gasteiger partial charge in [-0.05, 0) is 97.5 Å². The van der Waals surface area contributed by atoms with Crippen LogP contribution in [-0.2, 0) is 0 Å². The molecule has 0 fully saturated rings. The Labute approximate surface area is 320 Å². The highest BCUT2D eigenvalue weighted by Crippen LogP contribution is 2.39. The van der Waals surface area contributed by atoms with Crippen LogP contribution in [0, 0.1) is 0 Å². The number of hydrogen-bond donors (Lipinski definition) is 1. The number of nitrogens with one attached hydrogen (secondary N) is 1. The lowest BCUT2D eigenvalue weighted by Gasteiger charge is -2.23.